The van der Waals surface area contributed by atoms with Crippen molar-refractivity contribution in [3.63, 3.8) is 0 Å². The Morgan fingerprint density at radius 1 is 1.05 bits per heavy atom. The van der Waals surface area contributed by atoms with Crippen molar-refractivity contribution in [1.29, 1.82) is 0 Å². The molecular weight excluding hydrogens is 278 g/mol. The number of benzene rings is 1. The Morgan fingerprint density at radius 2 is 1.86 bits per heavy atom. The molecule has 0 amide bonds. The zero-order chi connectivity index (χ0) is 14.3. The lowest BCUT2D eigenvalue weighted by Gasteiger charge is -2.27. The van der Waals surface area contributed by atoms with Crippen molar-refractivity contribution >= 4 is 11.8 Å². The average Bonchev–Trinajstić information content (AvgIpc) is 2.56. The molecule has 4 heteroatoms. The van der Waals surface area contributed by atoms with E-state index in [1.165, 1.54) is 16.2 Å². The molecule has 3 rings (SSSR count). The van der Waals surface area contributed by atoms with Gasteiger partial charge in [-0.2, -0.15) is 0 Å². The Kier molecular flexibility index (Phi) is 5.27. The normalized spacial score (nSPS) is 16.0. The molecule has 0 atom stereocenters. The van der Waals surface area contributed by atoms with Crippen molar-refractivity contribution < 1.29 is 0 Å². The Labute approximate surface area is 130 Å². The number of hydrogen-bond acceptors (Lipinski definition) is 4. The molecule has 1 aromatic carbocycles. The van der Waals surface area contributed by atoms with Crippen LogP contribution in [-0.4, -0.2) is 36.1 Å². The predicted octanol–water partition coefficient (Wildman–Crippen LogP) is 2.78. The van der Waals surface area contributed by atoms with Gasteiger partial charge in [0.15, 0.2) is 0 Å². The van der Waals surface area contributed by atoms with E-state index in [0.717, 1.165) is 38.5 Å². The molecule has 1 aliphatic rings. The lowest BCUT2D eigenvalue weighted by atomic mass is 10.2. The molecule has 0 spiro atoms. The van der Waals surface area contributed by atoms with Crippen LogP contribution in [0.3, 0.4) is 0 Å². The second-order valence-corrected chi connectivity index (χ2v) is 6.23. The monoisotopic (exact) mass is 299 g/mol. The third kappa shape index (κ3) is 4.30. The van der Waals surface area contributed by atoms with Gasteiger partial charge >= 0.3 is 0 Å². The van der Waals surface area contributed by atoms with Crippen molar-refractivity contribution in [2.45, 2.75) is 17.3 Å². The molecule has 1 aliphatic heterocycles. The van der Waals surface area contributed by atoms with Crippen molar-refractivity contribution in [2.24, 2.45) is 0 Å². The fourth-order valence-corrected chi connectivity index (χ4v) is 3.46. The van der Waals surface area contributed by atoms with Gasteiger partial charge in [0, 0.05) is 44.7 Å². The van der Waals surface area contributed by atoms with E-state index < -0.39 is 0 Å². The van der Waals surface area contributed by atoms with Crippen LogP contribution in [0, 0.1) is 0 Å². The maximum absolute atomic E-state index is 4.58. The van der Waals surface area contributed by atoms with Crippen LogP contribution >= 0.6 is 11.8 Å². The number of pyridine rings is 1. The minimum absolute atomic E-state index is 0.979. The minimum atomic E-state index is 0.979. The Balaban J connectivity index is 1.64. The van der Waals surface area contributed by atoms with E-state index in [4.69, 9.17) is 0 Å². The van der Waals surface area contributed by atoms with E-state index in [-0.39, 0.29) is 0 Å². The van der Waals surface area contributed by atoms with Crippen molar-refractivity contribution in [2.75, 3.05) is 26.2 Å². The smallest absolute Gasteiger partial charge is 0.101 e. The van der Waals surface area contributed by atoms with Gasteiger partial charge in [-0.15, -0.1) is 11.8 Å². The van der Waals surface area contributed by atoms with Crippen LogP contribution in [0.1, 0.15) is 11.1 Å². The minimum Gasteiger partial charge on any atom is -0.314 e. The molecule has 1 N–H and O–H groups in total. The van der Waals surface area contributed by atoms with Gasteiger partial charge in [-0.25, -0.2) is 4.98 Å². The van der Waals surface area contributed by atoms with E-state index in [1.807, 2.05) is 24.0 Å². The van der Waals surface area contributed by atoms with Crippen LogP contribution < -0.4 is 5.32 Å². The van der Waals surface area contributed by atoms with Crippen LogP contribution in [0.2, 0.25) is 0 Å². The van der Waals surface area contributed by atoms with Gasteiger partial charge in [0.05, 0.1) is 0 Å². The highest BCUT2D eigenvalue weighted by molar-refractivity contribution is 7.98. The molecule has 0 bridgehead atoms. The van der Waals surface area contributed by atoms with Gasteiger partial charge in [0.25, 0.3) is 0 Å². The summed E-state index contributed by atoms with van der Waals surface area (Å²) in [5, 5.41) is 4.57. The van der Waals surface area contributed by atoms with E-state index >= 15 is 0 Å². The molecule has 110 valence electrons. The van der Waals surface area contributed by atoms with Gasteiger partial charge in [-0.3, -0.25) is 4.90 Å². The fourth-order valence-electron chi connectivity index (χ4n) is 2.51. The van der Waals surface area contributed by atoms with Gasteiger partial charge in [-0.05, 0) is 17.2 Å². The second kappa shape index (κ2) is 7.59. The van der Waals surface area contributed by atoms with Gasteiger partial charge < -0.3 is 5.32 Å². The summed E-state index contributed by atoms with van der Waals surface area (Å²) >= 11 is 1.84. The maximum atomic E-state index is 4.58. The maximum Gasteiger partial charge on any atom is 0.101 e. The summed E-state index contributed by atoms with van der Waals surface area (Å²) in [6.07, 6.45) is 1.90. The molecule has 0 unspecified atom stereocenters. The number of piperazine rings is 1. The lowest BCUT2D eigenvalue weighted by Crippen LogP contribution is -2.42. The number of nitrogens with zero attached hydrogens (tertiary/aromatic N) is 2. The quantitative estimate of drug-likeness (QED) is 0.859. The zero-order valence-electron chi connectivity index (χ0n) is 12.2. The summed E-state index contributed by atoms with van der Waals surface area (Å²) in [5.74, 6) is 0.979. The first-order chi connectivity index (χ1) is 10.4. The van der Waals surface area contributed by atoms with Gasteiger partial charge in [0.2, 0.25) is 0 Å². The molecule has 1 saturated heterocycles. The Bertz CT molecular complexity index is 553. The summed E-state index contributed by atoms with van der Waals surface area (Å²) in [6.45, 7) is 5.43. The first kappa shape index (κ1) is 14.6. The van der Waals surface area contributed by atoms with Crippen LogP contribution in [-0.2, 0) is 12.3 Å². The number of thioether (sulfide) groups is 1. The van der Waals surface area contributed by atoms with Crippen molar-refractivity contribution in [1.82, 2.24) is 15.2 Å². The molecule has 1 fully saturated rings. The molecule has 1 aromatic heterocycles. The molecule has 0 saturated carbocycles. The van der Waals surface area contributed by atoms with E-state index in [1.54, 1.807) is 0 Å². The summed E-state index contributed by atoms with van der Waals surface area (Å²) in [7, 11) is 0. The van der Waals surface area contributed by atoms with Crippen LogP contribution in [0.5, 0.6) is 0 Å². The van der Waals surface area contributed by atoms with Crippen LogP contribution in [0.4, 0.5) is 0 Å². The third-order valence-corrected chi connectivity index (χ3v) is 4.79. The van der Waals surface area contributed by atoms with Gasteiger partial charge in [0.1, 0.15) is 5.03 Å². The van der Waals surface area contributed by atoms with E-state index in [2.05, 4.69) is 51.6 Å². The average molecular weight is 299 g/mol. The van der Waals surface area contributed by atoms with Crippen molar-refractivity contribution in [3.05, 3.63) is 59.8 Å². The van der Waals surface area contributed by atoms with Crippen molar-refractivity contribution in [3.8, 4) is 0 Å². The number of hydrogen-bond donors (Lipinski definition) is 1. The van der Waals surface area contributed by atoms with Gasteiger partial charge in [-0.1, -0.05) is 36.4 Å². The molecule has 2 heterocycles. The first-order valence-electron chi connectivity index (χ1n) is 7.45. The summed E-state index contributed by atoms with van der Waals surface area (Å²) in [6, 6.07) is 14.8. The molecule has 0 radical (unpaired) electrons. The number of aromatic nitrogens is 1. The number of rotatable bonds is 5. The first-order valence-corrected chi connectivity index (χ1v) is 8.44. The highest BCUT2D eigenvalue weighted by atomic mass is 32.2. The SMILES string of the molecule is c1ccc(CSc2ncccc2CN2CCNCC2)cc1. The molecule has 21 heavy (non-hydrogen) atoms. The second-order valence-electron chi connectivity index (χ2n) is 5.27. The highest BCUT2D eigenvalue weighted by Crippen LogP contribution is 2.25. The summed E-state index contributed by atoms with van der Waals surface area (Å²) < 4.78 is 0. The van der Waals surface area contributed by atoms with Crippen LogP contribution in [0.15, 0.2) is 53.7 Å². The highest BCUT2D eigenvalue weighted by Gasteiger charge is 2.12. The molecule has 3 nitrogen and oxygen atoms in total. The third-order valence-electron chi connectivity index (χ3n) is 3.67. The van der Waals surface area contributed by atoms with Crippen LogP contribution in [0.25, 0.3) is 0 Å². The predicted molar refractivity (Wildman–Crippen MR) is 88.4 cm³/mol. The molecule has 0 aliphatic carbocycles. The largest absolute Gasteiger partial charge is 0.314 e. The zero-order valence-corrected chi connectivity index (χ0v) is 13.0. The molecule has 2 aromatic rings. The van der Waals surface area contributed by atoms with E-state index in [0.29, 0.717) is 0 Å². The topological polar surface area (TPSA) is 28.2 Å². The molecular formula is C17H21N3S. The Morgan fingerprint density at radius 3 is 2.67 bits per heavy atom. The number of nitrogens with one attached hydrogen (secondary N) is 1. The Hall–Kier alpha value is -1.36. The standard InChI is InChI=1S/C17H21N3S/c1-2-5-15(6-3-1)14-21-17-16(7-4-8-19-17)13-20-11-9-18-10-12-20/h1-8,18H,9-14H2. The summed E-state index contributed by atoms with van der Waals surface area (Å²) in [4.78, 5) is 7.08. The van der Waals surface area contributed by atoms with E-state index in [9.17, 15) is 0 Å². The lowest BCUT2D eigenvalue weighted by molar-refractivity contribution is 0.231. The summed E-state index contributed by atoms with van der Waals surface area (Å²) in [5.41, 5.74) is 2.70. The fraction of sp³-hybridized carbons (Fsp3) is 0.353.